The summed E-state index contributed by atoms with van der Waals surface area (Å²) in [5, 5.41) is 3.69. The Morgan fingerprint density at radius 1 is 1.33 bits per heavy atom. The molecule has 136 valence electrons. The van der Waals surface area contributed by atoms with Gasteiger partial charge in [0.1, 0.15) is 5.54 Å². The van der Waals surface area contributed by atoms with E-state index in [9.17, 15) is 14.4 Å². The monoisotopic (exact) mass is 338 g/mol. The average molecular weight is 338 g/mol. The molecule has 0 atom stereocenters. The van der Waals surface area contributed by atoms with Crippen LogP contribution >= 0.6 is 0 Å². The molecule has 1 heterocycles. The highest BCUT2D eigenvalue weighted by atomic mass is 16.2. The molecular weight excluding hydrogens is 308 g/mol. The zero-order valence-corrected chi connectivity index (χ0v) is 15.1. The second-order valence-corrected chi connectivity index (χ2v) is 7.09. The average Bonchev–Trinajstić information content (AvgIpc) is 2.78. The minimum absolute atomic E-state index is 0.192. The summed E-state index contributed by atoms with van der Waals surface area (Å²) in [4.78, 5) is 39.1. The van der Waals surface area contributed by atoms with Crippen molar-refractivity contribution in [1.82, 2.24) is 20.7 Å². The lowest BCUT2D eigenvalue weighted by Gasteiger charge is -2.33. The van der Waals surface area contributed by atoms with E-state index in [-0.39, 0.29) is 18.4 Å². The van der Waals surface area contributed by atoms with Crippen LogP contribution in [-0.4, -0.2) is 52.9 Å². The van der Waals surface area contributed by atoms with Gasteiger partial charge in [-0.2, -0.15) is 5.01 Å². The fraction of sp³-hybridized carbons (Fsp3) is 0.824. The number of amides is 4. The van der Waals surface area contributed by atoms with Crippen molar-refractivity contribution in [1.29, 1.82) is 0 Å². The summed E-state index contributed by atoms with van der Waals surface area (Å²) in [5.74, 6) is -0.0670. The Balaban J connectivity index is 1.93. The Labute approximate surface area is 144 Å². The normalized spacial score (nSPS) is 27.0. The van der Waals surface area contributed by atoms with Crippen molar-refractivity contribution >= 4 is 17.8 Å². The fourth-order valence-corrected chi connectivity index (χ4v) is 3.41. The molecule has 0 aromatic rings. The first-order valence-corrected chi connectivity index (χ1v) is 9.10. The van der Waals surface area contributed by atoms with E-state index in [0.717, 1.165) is 43.8 Å². The molecule has 0 radical (unpaired) electrons. The van der Waals surface area contributed by atoms with Crippen molar-refractivity contribution in [2.45, 2.75) is 64.8 Å². The molecule has 2 rings (SSSR count). The molecule has 1 saturated carbocycles. The maximum absolute atomic E-state index is 12.7. The number of unbranched alkanes of at least 4 members (excludes halogenated alkanes) is 1. The number of nitrogens with one attached hydrogen (secondary N) is 2. The molecule has 2 aliphatic rings. The summed E-state index contributed by atoms with van der Waals surface area (Å²) in [5.41, 5.74) is 1.68. The van der Waals surface area contributed by atoms with Gasteiger partial charge in [-0.25, -0.2) is 4.79 Å². The Morgan fingerprint density at radius 3 is 2.58 bits per heavy atom. The number of urea groups is 1. The van der Waals surface area contributed by atoms with Gasteiger partial charge in [0, 0.05) is 0 Å². The number of hydrazine groups is 1. The van der Waals surface area contributed by atoms with Crippen LogP contribution in [0.25, 0.3) is 0 Å². The van der Waals surface area contributed by atoms with Crippen LogP contribution in [0.4, 0.5) is 4.79 Å². The van der Waals surface area contributed by atoms with Gasteiger partial charge in [-0.3, -0.25) is 19.9 Å². The van der Waals surface area contributed by atoms with Crippen molar-refractivity contribution in [2.75, 3.05) is 19.6 Å². The number of carbonyl (C=O) groups excluding carboxylic acids is 3. The standard InChI is InChI=1S/C17H30N4O3/c1-4-6-11-20(5-2)12-14(22)19-21-15(23)17(18-16(21)24)9-7-13(3)8-10-17/h13H,4-12H2,1-3H3,(H,18,24)(H,19,22). The molecule has 7 heteroatoms. The van der Waals surface area contributed by atoms with Crippen LogP contribution in [0.15, 0.2) is 0 Å². The van der Waals surface area contributed by atoms with Crippen LogP contribution in [0.3, 0.4) is 0 Å². The molecule has 7 nitrogen and oxygen atoms in total. The number of hydrogen-bond acceptors (Lipinski definition) is 4. The lowest BCUT2D eigenvalue weighted by molar-refractivity contribution is -0.140. The Morgan fingerprint density at radius 2 is 2.00 bits per heavy atom. The van der Waals surface area contributed by atoms with Crippen LogP contribution < -0.4 is 10.7 Å². The van der Waals surface area contributed by atoms with Gasteiger partial charge in [0.15, 0.2) is 0 Å². The minimum atomic E-state index is -0.816. The van der Waals surface area contributed by atoms with Crippen molar-refractivity contribution < 1.29 is 14.4 Å². The first-order chi connectivity index (χ1) is 11.4. The van der Waals surface area contributed by atoms with Gasteiger partial charge in [0.25, 0.3) is 11.8 Å². The van der Waals surface area contributed by atoms with Crippen molar-refractivity contribution in [3.8, 4) is 0 Å². The molecule has 0 unspecified atom stereocenters. The molecule has 0 bridgehead atoms. The van der Waals surface area contributed by atoms with Gasteiger partial charge < -0.3 is 5.32 Å². The highest BCUT2D eigenvalue weighted by Gasteiger charge is 2.52. The molecule has 2 N–H and O–H groups in total. The predicted octanol–water partition coefficient (Wildman–Crippen LogP) is 1.64. The molecule has 4 amide bonds. The number of carbonyl (C=O) groups is 3. The Hall–Kier alpha value is -1.63. The summed E-state index contributed by atoms with van der Waals surface area (Å²) in [6.45, 7) is 8.04. The second-order valence-electron chi connectivity index (χ2n) is 7.09. The van der Waals surface area contributed by atoms with Gasteiger partial charge in [0.05, 0.1) is 6.54 Å². The predicted molar refractivity (Wildman–Crippen MR) is 90.9 cm³/mol. The van der Waals surface area contributed by atoms with Crippen molar-refractivity contribution in [3.63, 3.8) is 0 Å². The molecule has 0 aromatic carbocycles. The van der Waals surface area contributed by atoms with E-state index in [1.165, 1.54) is 0 Å². The topological polar surface area (TPSA) is 81.8 Å². The highest BCUT2D eigenvalue weighted by molar-refractivity contribution is 6.08. The van der Waals surface area contributed by atoms with E-state index in [1.807, 2.05) is 11.8 Å². The number of nitrogens with zero attached hydrogens (tertiary/aromatic N) is 2. The lowest BCUT2D eigenvalue weighted by atomic mass is 9.77. The number of imide groups is 1. The summed E-state index contributed by atoms with van der Waals surface area (Å²) < 4.78 is 0. The zero-order valence-electron chi connectivity index (χ0n) is 15.1. The maximum atomic E-state index is 12.7. The van der Waals surface area contributed by atoms with Crippen molar-refractivity contribution in [3.05, 3.63) is 0 Å². The van der Waals surface area contributed by atoms with Gasteiger partial charge in [-0.15, -0.1) is 0 Å². The zero-order chi connectivity index (χ0) is 17.7. The first kappa shape index (κ1) is 18.7. The van der Waals surface area contributed by atoms with E-state index in [1.54, 1.807) is 0 Å². The molecule has 1 saturated heterocycles. The molecule has 2 fully saturated rings. The number of rotatable bonds is 7. The third kappa shape index (κ3) is 4.06. The molecule has 1 spiro atoms. The van der Waals surface area contributed by atoms with E-state index in [0.29, 0.717) is 18.8 Å². The summed E-state index contributed by atoms with van der Waals surface area (Å²) >= 11 is 0. The SMILES string of the molecule is CCCCN(CC)CC(=O)NN1C(=O)NC2(CCC(C)CC2)C1=O. The summed E-state index contributed by atoms with van der Waals surface area (Å²) in [6.07, 6.45) is 5.19. The van der Waals surface area contributed by atoms with E-state index >= 15 is 0 Å². The lowest BCUT2D eigenvalue weighted by Crippen LogP contribution is -2.52. The molecule has 24 heavy (non-hydrogen) atoms. The fourth-order valence-electron chi connectivity index (χ4n) is 3.41. The smallest absolute Gasteiger partial charge is 0.322 e. The van der Waals surface area contributed by atoms with Crippen molar-refractivity contribution in [2.24, 2.45) is 5.92 Å². The van der Waals surface area contributed by atoms with Crippen LogP contribution in [0.2, 0.25) is 0 Å². The molecule has 1 aliphatic heterocycles. The van der Waals surface area contributed by atoms with Gasteiger partial charge in [-0.1, -0.05) is 27.2 Å². The number of hydrogen-bond donors (Lipinski definition) is 2. The van der Waals surface area contributed by atoms with E-state index < -0.39 is 11.6 Å². The van der Waals surface area contributed by atoms with Crippen LogP contribution in [-0.2, 0) is 9.59 Å². The molecule has 0 aromatic heterocycles. The second kappa shape index (κ2) is 7.96. The third-order valence-electron chi connectivity index (χ3n) is 5.17. The van der Waals surface area contributed by atoms with E-state index in [2.05, 4.69) is 24.6 Å². The van der Waals surface area contributed by atoms with E-state index in [4.69, 9.17) is 0 Å². The highest BCUT2D eigenvalue weighted by Crippen LogP contribution is 2.35. The largest absolute Gasteiger partial charge is 0.344 e. The quantitative estimate of drug-likeness (QED) is 0.692. The summed E-state index contributed by atoms with van der Waals surface area (Å²) in [7, 11) is 0. The number of likely N-dealkylation sites (N-methyl/N-ethyl adjacent to an activating group) is 1. The Kier molecular flexibility index (Phi) is 6.21. The van der Waals surface area contributed by atoms with Gasteiger partial charge in [0.2, 0.25) is 0 Å². The van der Waals surface area contributed by atoms with Gasteiger partial charge >= 0.3 is 6.03 Å². The van der Waals surface area contributed by atoms with Crippen LogP contribution in [0.1, 0.15) is 59.3 Å². The van der Waals surface area contributed by atoms with Crippen LogP contribution in [0, 0.1) is 5.92 Å². The molecule has 1 aliphatic carbocycles. The first-order valence-electron chi connectivity index (χ1n) is 9.10. The molecular formula is C17H30N4O3. The van der Waals surface area contributed by atoms with Crippen LogP contribution in [0.5, 0.6) is 0 Å². The third-order valence-corrected chi connectivity index (χ3v) is 5.17. The maximum Gasteiger partial charge on any atom is 0.344 e. The summed E-state index contributed by atoms with van der Waals surface area (Å²) in [6, 6.07) is -0.514. The minimum Gasteiger partial charge on any atom is -0.322 e. The Bertz CT molecular complexity index is 486. The van der Waals surface area contributed by atoms with Gasteiger partial charge in [-0.05, 0) is 51.1 Å².